The van der Waals surface area contributed by atoms with Crippen molar-refractivity contribution in [1.82, 2.24) is 19.4 Å². The van der Waals surface area contributed by atoms with E-state index in [1.807, 2.05) is 22.6 Å². The molecular weight excluding hydrogens is 382 g/mol. The lowest BCUT2D eigenvalue weighted by molar-refractivity contribution is 0.0691. The maximum absolute atomic E-state index is 11.3. The monoisotopic (exact) mass is 401 g/mol. The zero-order valence-corrected chi connectivity index (χ0v) is 16.0. The molecule has 0 unspecified atom stereocenters. The first-order valence-electron chi connectivity index (χ1n) is 9.46. The number of nitrogens with two attached hydrogens (primary N) is 2. The average Bonchev–Trinajstić information content (AvgIpc) is 3.34. The molecule has 0 spiro atoms. The van der Waals surface area contributed by atoms with Crippen LogP contribution in [0.4, 0.5) is 17.5 Å². The van der Waals surface area contributed by atoms with Crippen LogP contribution in [0.5, 0.6) is 0 Å². The normalized spacial score (nSPS) is 13.0. The summed E-state index contributed by atoms with van der Waals surface area (Å²) in [6, 6.07) is 11.9. The van der Waals surface area contributed by atoms with Crippen LogP contribution in [-0.4, -0.2) is 37.0 Å². The molecule has 4 heterocycles. The van der Waals surface area contributed by atoms with Gasteiger partial charge in [0.2, 0.25) is 5.95 Å². The zero-order valence-electron chi connectivity index (χ0n) is 16.0. The van der Waals surface area contributed by atoms with Crippen molar-refractivity contribution in [2.45, 2.75) is 13.0 Å². The van der Waals surface area contributed by atoms with Gasteiger partial charge < -0.3 is 21.5 Å². The topological polar surface area (TPSA) is 136 Å². The van der Waals surface area contributed by atoms with Crippen molar-refractivity contribution in [3.05, 3.63) is 65.6 Å². The number of benzene rings is 1. The number of imidazole rings is 1. The highest BCUT2D eigenvalue weighted by atomic mass is 16.4. The number of rotatable bonds is 4. The number of nitrogen functional groups attached to an aromatic ring is 2. The van der Waals surface area contributed by atoms with Gasteiger partial charge in [0.25, 0.3) is 0 Å². The molecule has 0 saturated heterocycles. The van der Waals surface area contributed by atoms with Gasteiger partial charge in [0.1, 0.15) is 11.5 Å². The molecule has 4 aromatic rings. The minimum Gasteiger partial charge on any atom is -0.476 e. The van der Waals surface area contributed by atoms with Crippen molar-refractivity contribution >= 4 is 29.1 Å². The summed E-state index contributed by atoms with van der Waals surface area (Å²) in [6.07, 6.45) is 4.12. The summed E-state index contributed by atoms with van der Waals surface area (Å²) >= 11 is 0. The fourth-order valence-corrected chi connectivity index (χ4v) is 3.90. The number of aromatic nitrogens is 4. The molecule has 0 bridgehead atoms. The first kappa shape index (κ1) is 17.9. The zero-order chi connectivity index (χ0) is 20.8. The Bertz CT molecular complexity index is 1300. The van der Waals surface area contributed by atoms with Crippen LogP contribution < -0.4 is 16.4 Å². The molecule has 1 aliphatic heterocycles. The van der Waals surface area contributed by atoms with Crippen molar-refractivity contribution in [1.29, 1.82) is 0 Å². The standard InChI is InChI=1S/C21H19N7O2/c22-19-14(9-24-21(23)26-19)10-27-7-6-13-8-12(4-5-16(13)27)17-2-1-3-18-25-15(20(29)30)11-28(17)18/h1-5,8-9,11H,6-7,10H2,(H,29,30)(H4,22,23,24,26). The van der Waals surface area contributed by atoms with E-state index in [0.717, 1.165) is 35.5 Å². The summed E-state index contributed by atoms with van der Waals surface area (Å²) in [7, 11) is 0. The van der Waals surface area contributed by atoms with Gasteiger partial charge in [-0.1, -0.05) is 12.1 Å². The molecule has 0 radical (unpaired) electrons. The van der Waals surface area contributed by atoms with Gasteiger partial charge in [0.05, 0.1) is 5.69 Å². The SMILES string of the molecule is Nc1ncc(CN2CCc3cc(-c4cccc5nc(C(=O)O)cn45)ccc32)c(N)n1. The van der Waals surface area contributed by atoms with Gasteiger partial charge in [0, 0.05) is 36.7 Å². The minimum atomic E-state index is -1.04. The lowest BCUT2D eigenvalue weighted by Gasteiger charge is -2.20. The number of anilines is 3. The van der Waals surface area contributed by atoms with E-state index in [1.165, 1.54) is 5.56 Å². The van der Waals surface area contributed by atoms with Gasteiger partial charge in [-0.05, 0) is 41.8 Å². The Balaban J connectivity index is 1.48. The van der Waals surface area contributed by atoms with Crippen LogP contribution in [-0.2, 0) is 13.0 Å². The Hall–Kier alpha value is -4.14. The summed E-state index contributed by atoms with van der Waals surface area (Å²) in [5.74, 6) is -0.476. The maximum atomic E-state index is 11.3. The lowest BCUT2D eigenvalue weighted by atomic mass is 10.1. The fraction of sp³-hybridized carbons (Fsp3) is 0.143. The smallest absolute Gasteiger partial charge is 0.356 e. The van der Waals surface area contributed by atoms with E-state index in [4.69, 9.17) is 11.5 Å². The maximum Gasteiger partial charge on any atom is 0.356 e. The molecule has 0 amide bonds. The Morgan fingerprint density at radius 1 is 1.17 bits per heavy atom. The minimum absolute atomic E-state index is 0.0260. The van der Waals surface area contributed by atoms with Crippen LogP contribution in [0.2, 0.25) is 0 Å². The number of aromatic carboxylic acids is 1. The summed E-state index contributed by atoms with van der Waals surface area (Å²) in [5, 5.41) is 9.25. The fourth-order valence-electron chi connectivity index (χ4n) is 3.90. The Kier molecular flexibility index (Phi) is 4.02. The van der Waals surface area contributed by atoms with Gasteiger partial charge in [0.15, 0.2) is 5.69 Å². The molecule has 9 heteroatoms. The molecule has 0 atom stereocenters. The summed E-state index contributed by atoms with van der Waals surface area (Å²) < 4.78 is 1.81. The number of nitrogens with zero attached hydrogens (tertiary/aromatic N) is 5. The van der Waals surface area contributed by atoms with Crippen molar-refractivity contribution in [3.8, 4) is 11.3 Å². The molecule has 0 saturated carbocycles. The molecule has 0 fully saturated rings. The second kappa shape index (κ2) is 6.73. The Morgan fingerprint density at radius 3 is 2.83 bits per heavy atom. The van der Waals surface area contributed by atoms with Crippen molar-refractivity contribution in [3.63, 3.8) is 0 Å². The largest absolute Gasteiger partial charge is 0.476 e. The van der Waals surface area contributed by atoms with Crippen LogP contribution in [0.1, 0.15) is 21.6 Å². The Morgan fingerprint density at radius 2 is 2.03 bits per heavy atom. The highest BCUT2D eigenvalue weighted by molar-refractivity contribution is 5.86. The third-order valence-electron chi connectivity index (χ3n) is 5.36. The van der Waals surface area contributed by atoms with Gasteiger partial charge in [-0.2, -0.15) is 4.98 Å². The van der Waals surface area contributed by atoms with E-state index in [1.54, 1.807) is 18.5 Å². The van der Waals surface area contributed by atoms with Crippen LogP contribution >= 0.6 is 0 Å². The number of pyridine rings is 1. The Labute approximate surface area is 171 Å². The number of hydrogen-bond donors (Lipinski definition) is 3. The summed E-state index contributed by atoms with van der Waals surface area (Å²) in [6.45, 7) is 1.47. The quantitative estimate of drug-likeness (QED) is 0.474. The van der Waals surface area contributed by atoms with Gasteiger partial charge >= 0.3 is 5.97 Å². The third-order valence-corrected chi connectivity index (χ3v) is 5.36. The van der Waals surface area contributed by atoms with E-state index in [0.29, 0.717) is 18.0 Å². The molecule has 150 valence electrons. The molecular formula is C21H19N7O2. The third kappa shape index (κ3) is 2.96. The van der Waals surface area contributed by atoms with Crippen LogP contribution in [0.15, 0.2) is 48.8 Å². The van der Waals surface area contributed by atoms with E-state index >= 15 is 0 Å². The van der Waals surface area contributed by atoms with Gasteiger partial charge in [-0.3, -0.25) is 4.40 Å². The van der Waals surface area contributed by atoms with E-state index < -0.39 is 5.97 Å². The first-order valence-corrected chi connectivity index (χ1v) is 9.46. The molecule has 30 heavy (non-hydrogen) atoms. The van der Waals surface area contributed by atoms with Crippen LogP contribution in [0, 0.1) is 0 Å². The molecule has 1 aliphatic rings. The number of carbonyl (C=O) groups is 1. The molecule has 0 aliphatic carbocycles. The summed E-state index contributed by atoms with van der Waals surface area (Å²) in [4.78, 5) is 25.8. The molecule has 5 N–H and O–H groups in total. The average molecular weight is 401 g/mol. The van der Waals surface area contributed by atoms with Gasteiger partial charge in [-0.25, -0.2) is 14.8 Å². The van der Waals surface area contributed by atoms with Crippen molar-refractivity contribution < 1.29 is 9.90 Å². The number of carboxylic acids is 1. The second-order valence-electron chi connectivity index (χ2n) is 7.22. The highest BCUT2D eigenvalue weighted by Crippen LogP contribution is 2.34. The van der Waals surface area contributed by atoms with Crippen LogP contribution in [0.3, 0.4) is 0 Å². The molecule has 9 nitrogen and oxygen atoms in total. The number of hydrogen-bond acceptors (Lipinski definition) is 7. The second-order valence-corrected chi connectivity index (χ2v) is 7.22. The number of carboxylic acid groups (broad SMARTS) is 1. The predicted molar refractivity (Wildman–Crippen MR) is 113 cm³/mol. The highest BCUT2D eigenvalue weighted by Gasteiger charge is 2.21. The molecule has 5 rings (SSSR count). The van der Waals surface area contributed by atoms with Gasteiger partial charge in [-0.15, -0.1) is 0 Å². The molecule has 3 aromatic heterocycles. The van der Waals surface area contributed by atoms with E-state index in [9.17, 15) is 9.90 Å². The number of fused-ring (bicyclic) bond motifs is 2. The van der Waals surface area contributed by atoms with Crippen molar-refractivity contribution in [2.24, 2.45) is 0 Å². The van der Waals surface area contributed by atoms with Crippen LogP contribution in [0.25, 0.3) is 16.9 Å². The lowest BCUT2D eigenvalue weighted by Crippen LogP contribution is -2.21. The molecule has 1 aromatic carbocycles. The van der Waals surface area contributed by atoms with E-state index in [-0.39, 0.29) is 11.6 Å². The van der Waals surface area contributed by atoms with Crippen molar-refractivity contribution in [2.75, 3.05) is 22.9 Å². The summed E-state index contributed by atoms with van der Waals surface area (Å²) in [5.41, 5.74) is 17.3. The predicted octanol–water partition coefficient (Wildman–Crippen LogP) is 2.22. The first-order chi connectivity index (χ1) is 14.5. The van der Waals surface area contributed by atoms with E-state index in [2.05, 4.69) is 32.0 Å².